The molecule has 1 aliphatic carbocycles. The topological polar surface area (TPSA) is 63.4 Å². The van der Waals surface area contributed by atoms with E-state index in [1.54, 1.807) is 0 Å². The maximum atomic E-state index is 11.5. The molecule has 0 aromatic heterocycles. The summed E-state index contributed by atoms with van der Waals surface area (Å²) in [5.74, 6) is -0.313. The van der Waals surface area contributed by atoms with Crippen molar-refractivity contribution in [2.45, 2.75) is 12.8 Å². The Kier molecular flexibility index (Phi) is 1.83. The minimum Gasteiger partial charge on any atom is -0.392 e. The van der Waals surface area contributed by atoms with Crippen LogP contribution in [0.1, 0.15) is 12.8 Å². The summed E-state index contributed by atoms with van der Waals surface area (Å²) in [6.45, 7) is 0.111. The van der Waals surface area contributed by atoms with Crippen LogP contribution in [0.3, 0.4) is 0 Å². The van der Waals surface area contributed by atoms with Crippen molar-refractivity contribution in [2.24, 2.45) is 17.6 Å². The monoisotopic (exact) mass is 198 g/mol. The lowest BCUT2D eigenvalue weighted by molar-refractivity contribution is -0.138. The third kappa shape index (κ3) is 1.14. The largest absolute Gasteiger partial charge is 0.392 e. The van der Waals surface area contributed by atoms with E-state index in [0.717, 1.165) is 12.8 Å². The van der Waals surface area contributed by atoms with E-state index in [1.807, 2.05) is 0 Å². The average Bonchev–Trinajstić information content (AvgIpc) is 2.08. The first kappa shape index (κ1) is 8.62. The third-order valence-electron chi connectivity index (χ3n) is 2.75. The minimum atomic E-state index is -0.0888. The highest BCUT2D eigenvalue weighted by atomic mass is 32.1. The van der Waals surface area contributed by atoms with E-state index in [-0.39, 0.29) is 35.2 Å². The highest BCUT2D eigenvalue weighted by Crippen LogP contribution is 2.42. The summed E-state index contributed by atoms with van der Waals surface area (Å²) in [6, 6.07) is 0. The zero-order valence-electron chi connectivity index (χ0n) is 7.03. The number of nitrogens with two attached hydrogens (primary N) is 1. The van der Waals surface area contributed by atoms with Gasteiger partial charge < -0.3 is 5.73 Å². The molecule has 1 heterocycles. The van der Waals surface area contributed by atoms with E-state index < -0.39 is 0 Å². The molecular weight excluding hydrogens is 188 g/mol. The Hall–Kier alpha value is -0.970. The van der Waals surface area contributed by atoms with Gasteiger partial charge >= 0.3 is 0 Å². The molecule has 1 saturated carbocycles. The molecule has 0 bridgehead atoms. The molecule has 70 valence electrons. The number of fused-ring (bicyclic) bond motifs is 1. The summed E-state index contributed by atoms with van der Waals surface area (Å²) in [5.41, 5.74) is 5.29. The number of nitrogens with zero attached hydrogens (tertiary/aromatic N) is 1. The number of hydrogen-bond acceptors (Lipinski definition) is 3. The van der Waals surface area contributed by atoms with E-state index in [1.165, 1.54) is 4.90 Å². The van der Waals surface area contributed by atoms with E-state index in [0.29, 0.717) is 0 Å². The van der Waals surface area contributed by atoms with Crippen molar-refractivity contribution in [1.29, 1.82) is 0 Å². The summed E-state index contributed by atoms with van der Waals surface area (Å²) >= 11 is 4.67. The summed E-state index contributed by atoms with van der Waals surface area (Å²) in [7, 11) is 0. The van der Waals surface area contributed by atoms with Crippen molar-refractivity contribution in [3.63, 3.8) is 0 Å². The van der Waals surface area contributed by atoms with Crippen molar-refractivity contribution in [1.82, 2.24) is 4.90 Å². The molecule has 2 aliphatic rings. The van der Waals surface area contributed by atoms with Crippen LogP contribution in [-0.4, -0.2) is 28.2 Å². The van der Waals surface area contributed by atoms with Crippen LogP contribution in [0.5, 0.6) is 0 Å². The van der Waals surface area contributed by atoms with Crippen LogP contribution in [0.15, 0.2) is 0 Å². The zero-order valence-corrected chi connectivity index (χ0v) is 7.84. The maximum Gasteiger partial charge on any atom is 0.233 e. The number of likely N-dealkylation sites (tertiary alicyclic amines) is 1. The van der Waals surface area contributed by atoms with Gasteiger partial charge in [-0.1, -0.05) is 12.2 Å². The molecule has 1 saturated heterocycles. The average molecular weight is 198 g/mol. The lowest BCUT2D eigenvalue weighted by Gasteiger charge is -2.24. The van der Waals surface area contributed by atoms with Crippen LogP contribution in [0.2, 0.25) is 0 Å². The number of carbonyl (C=O) groups is 2. The SMILES string of the molecule is NC(=S)CN1C(=O)[C@H]2CC[C@H]2C1=O. The Bertz CT molecular complexity index is 281. The minimum absolute atomic E-state index is 0.0677. The van der Waals surface area contributed by atoms with Crippen molar-refractivity contribution in [2.75, 3.05) is 6.54 Å². The Morgan fingerprint density at radius 1 is 1.38 bits per heavy atom. The molecule has 2 N–H and O–H groups in total. The smallest absolute Gasteiger partial charge is 0.233 e. The van der Waals surface area contributed by atoms with Crippen molar-refractivity contribution in [3.05, 3.63) is 0 Å². The molecule has 0 spiro atoms. The first-order valence-corrected chi connectivity index (χ1v) is 4.65. The van der Waals surface area contributed by atoms with E-state index in [9.17, 15) is 9.59 Å². The van der Waals surface area contributed by atoms with Crippen molar-refractivity contribution in [3.8, 4) is 0 Å². The summed E-state index contributed by atoms with van der Waals surface area (Å²) < 4.78 is 0. The Labute approximate surface area is 81.1 Å². The fourth-order valence-corrected chi connectivity index (χ4v) is 2.04. The molecule has 4 nitrogen and oxygen atoms in total. The van der Waals surface area contributed by atoms with Crippen molar-refractivity contribution >= 4 is 29.0 Å². The molecule has 13 heavy (non-hydrogen) atoms. The molecule has 0 aromatic rings. The predicted octanol–water partition coefficient (Wildman–Crippen LogP) is -0.333. The van der Waals surface area contributed by atoms with Gasteiger partial charge in [0.2, 0.25) is 11.8 Å². The second-order valence-electron chi connectivity index (χ2n) is 3.52. The van der Waals surface area contributed by atoms with Crippen LogP contribution in [0, 0.1) is 11.8 Å². The quantitative estimate of drug-likeness (QED) is 0.487. The number of carbonyl (C=O) groups excluding carboxylic acids is 2. The molecule has 0 radical (unpaired) electrons. The number of rotatable bonds is 2. The van der Waals surface area contributed by atoms with E-state index in [2.05, 4.69) is 12.2 Å². The van der Waals surface area contributed by atoms with Crippen molar-refractivity contribution < 1.29 is 9.59 Å². The van der Waals surface area contributed by atoms with Crippen LogP contribution >= 0.6 is 12.2 Å². The third-order valence-corrected chi connectivity index (χ3v) is 2.88. The van der Waals surface area contributed by atoms with Crippen LogP contribution < -0.4 is 5.73 Å². The standard InChI is InChI=1S/C8H10N2O2S/c9-6(13)3-10-7(11)4-1-2-5(4)8(10)12/h4-5H,1-3H2,(H2,9,13)/t4-,5+. The number of amides is 2. The van der Waals surface area contributed by atoms with Gasteiger partial charge in [-0.25, -0.2) is 0 Å². The van der Waals surface area contributed by atoms with Gasteiger partial charge in [-0.2, -0.15) is 0 Å². The van der Waals surface area contributed by atoms with E-state index >= 15 is 0 Å². The van der Waals surface area contributed by atoms with Gasteiger partial charge in [0.15, 0.2) is 0 Å². The summed E-state index contributed by atoms with van der Waals surface area (Å²) in [4.78, 5) is 24.4. The first-order valence-electron chi connectivity index (χ1n) is 4.25. The molecular formula is C8H10N2O2S. The number of thiocarbonyl (C=S) groups is 1. The number of hydrogen-bond donors (Lipinski definition) is 1. The first-order chi connectivity index (χ1) is 6.11. The Balaban J connectivity index is 2.15. The Morgan fingerprint density at radius 3 is 2.15 bits per heavy atom. The van der Waals surface area contributed by atoms with Crippen LogP contribution in [0.4, 0.5) is 0 Å². The summed E-state index contributed by atoms with van der Waals surface area (Å²) in [5, 5.41) is 0. The molecule has 5 heteroatoms. The zero-order chi connectivity index (χ0) is 9.59. The van der Waals surface area contributed by atoms with E-state index in [4.69, 9.17) is 5.73 Å². The predicted molar refractivity (Wildman–Crippen MR) is 49.7 cm³/mol. The fraction of sp³-hybridized carbons (Fsp3) is 0.625. The van der Waals surface area contributed by atoms with Gasteiger partial charge in [0.05, 0.1) is 23.4 Å². The summed E-state index contributed by atoms with van der Waals surface area (Å²) in [6.07, 6.45) is 1.67. The van der Waals surface area contributed by atoms with Gasteiger partial charge in [-0.15, -0.1) is 0 Å². The molecule has 2 atom stereocenters. The van der Waals surface area contributed by atoms with Gasteiger partial charge in [0, 0.05) is 0 Å². The van der Waals surface area contributed by atoms with Gasteiger partial charge in [0.25, 0.3) is 0 Å². The second kappa shape index (κ2) is 2.77. The van der Waals surface area contributed by atoms with Gasteiger partial charge in [-0.05, 0) is 12.8 Å². The molecule has 0 aromatic carbocycles. The highest BCUT2D eigenvalue weighted by Gasteiger charge is 2.52. The molecule has 2 rings (SSSR count). The molecule has 2 amide bonds. The van der Waals surface area contributed by atoms with Crippen LogP contribution in [0.25, 0.3) is 0 Å². The Morgan fingerprint density at radius 2 is 1.85 bits per heavy atom. The molecule has 2 fully saturated rings. The van der Waals surface area contributed by atoms with Crippen LogP contribution in [-0.2, 0) is 9.59 Å². The molecule has 0 unspecified atom stereocenters. The van der Waals surface area contributed by atoms with Gasteiger partial charge in [0.1, 0.15) is 0 Å². The lowest BCUT2D eigenvalue weighted by Crippen LogP contribution is -2.37. The fourth-order valence-electron chi connectivity index (χ4n) is 1.91. The molecule has 1 aliphatic heterocycles. The maximum absolute atomic E-state index is 11.5. The second-order valence-corrected chi connectivity index (χ2v) is 4.04. The number of imide groups is 1. The lowest BCUT2D eigenvalue weighted by atomic mass is 9.76. The highest BCUT2D eigenvalue weighted by molar-refractivity contribution is 7.80. The van der Waals surface area contributed by atoms with Gasteiger partial charge in [-0.3, -0.25) is 14.5 Å². The normalized spacial score (nSPS) is 31.5.